The zero-order valence-corrected chi connectivity index (χ0v) is 12.3. The number of aromatic nitrogens is 2. The summed E-state index contributed by atoms with van der Waals surface area (Å²) in [6.45, 7) is 2.37. The molecule has 0 amide bonds. The number of nitrogens with one attached hydrogen (secondary N) is 2. The lowest BCUT2D eigenvalue weighted by molar-refractivity contribution is -0.384. The average molecular weight is 299 g/mol. The summed E-state index contributed by atoms with van der Waals surface area (Å²) in [5.41, 5.74) is -0.134. The molecular weight excluding hydrogens is 278 g/mol. The highest BCUT2D eigenvalue weighted by Gasteiger charge is 2.16. The second-order valence-electron chi connectivity index (χ2n) is 4.17. The van der Waals surface area contributed by atoms with Crippen molar-refractivity contribution < 1.29 is 14.4 Å². The van der Waals surface area contributed by atoms with E-state index in [2.05, 4.69) is 20.6 Å². The summed E-state index contributed by atoms with van der Waals surface area (Å²) in [4.78, 5) is 18.3. The van der Waals surface area contributed by atoms with Crippen LogP contribution < -0.4 is 10.6 Å². The van der Waals surface area contributed by atoms with Gasteiger partial charge in [-0.3, -0.25) is 10.1 Å². The van der Waals surface area contributed by atoms with Gasteiger partial charge in [-0.05, 0) is 12.8 Å². The van der Waals surface area contributed by atoms with Gasteiger partial charge in [0.05, 0.1) is 18.1 Å². The molecule has 9 nitrogen and oxygen atoms in total. The molecule has 0 bridgehead atoms. The zero-order valence-electron chi connectivity index (χ0n) is 12.3. The van der Waals surface area contributed by atoms with E-state index >= 15 is 0 Å². The predicted molar refractivity (Wildman–Crippen MR) is 78.7 cm³/mol. The molecule has 21 heavy (non-hydrogen) atoms. The lowest BCUT2D eigenvalue weighted by atomic mass is 10.3. The maximum Gasteiger partial charge on any atom is 0.329 e. The zero-order chi connectivity index (χ0) is 15.5. The van der Waals surface area contributed by atoms with E-state index in [1.807, 2.05) is 0 Å². The number of unbranched alkanes of at least 4 members (excludes halogenated alkanes) is 1. The van der Waals surface area contributed by atoms with Gasteiger partial charge in [0.1, 0.15) is 6.20 Å². The van der Waals surface area contributed by atoms with E-state index in [1.54, 1.807) is 14.2 Å². The average Bonchev–Trinajstić information content (AvgIpc) is 2.49. The first kappa shape index (κ1) is 17.1. The molecule has 0 spiro atoms. The normalized spacial score (nSPS) is 10.4. The van der Waals surface area contributed by atoms with Crippen molar-refractivity contribution in [1.82, 2.24) is 9.97 Å². The number of hydrogen-bond acceptors (Lipinski definition) is 8. The van der Waals surface area contributed by atoms with Gasteiger partial charge >= 0.3 is 5.69 Å². The Hall–Kier alpha value is -2.00. The molecule has 0 fully saturated rings. The maximum absolute atomic E-state index is 10.9. The van der Waals surface area contributed by atoms with Gasteiger partial charge in [0.2, 0.25) is 11.8 Å². The summed E-state index contributed by atoms with van der Waals surface area (Å²) in [6, 6.07) is 0. The Morgan fingerprint density at radius 2 is 2.14 bits per heavy atom. The van der Waals surface area contributed by atoms with E-state index in [9.17, 15) is 10.1 Å². The van der Waals surface area contributed by atoms with Crippen molar-refractivity contribution in [2.75, 3.05) is 51.2 Å². The third-order valence-corrected chi connectivity index (χ3v) is 2.63. The Bertz CT molecular complexity index is 444. The lowest BCUT2D eigenvalue weighted by Gasteiger charge is -2.07. The molecule has 0 atom stereocenters. The molecule has 0 unspecified atom stereocenters. The fourth-order valence-electron chi connectivity index (χ4n) is 1.54. The molecule has 0 aromatic carbocycles. The van der Waals surface area contributed by atoms with Crippen LogP contribution in [0.1, 0.15) is 12.8 Å². The molecular formula is C12H21N5O4. The Morgan fingerprint density at radius 1 is 1.33 bits per heavy atom. The largest absolute Gasteiger partial charge is 0.382 e. The minimum absolute atomic E-state index is 0.134. The van der Waals surface area contributed by atoms with Gasteiger partial charge < -0.3 is 20.1 Å². The Kier molecular flexibility index (Phi) is 7.99. The van der Waals surface area contributed by atoms with Crippen LogP contribution >= 0.6 is 0 Å². The van der Waals surface area contributed by atoms with Gasteiger partial charge in [-0.15, -0.1) is 0 Å². The van der Waals surface area contributed by atoms with Crippen molar-refractivity contribution in [3.05, 3.63) is 16.3 Å². The van der Waals surface area contributed by atoms with E-state index in [0.717, 1.165) is 12.8 Å². The van der Waals surface area contributed by atoms with Crippen LogP contribution in [-0.4, -0.2) is 55.4 Å². The monoisotopic (exact) mass is 299 g/mol. The fourth-order valence-corrected chi connectivity index (χ4v) is 1.54. The maximum atomic E-state index is 10.9. The third kappa shape index (κ3) is 6.32. The summed E-state index contributed by atoms with van der Waals surface area (Å²) in [5, 5.41) is 16.6. The number of ether oxygens (including phenoxy) is 2. The molecule has 0 radical (unpaired) electrons. The van der Waals surface area contributed by atoms with Crippen molar-refractivity contribution in [2.24, 2.45) is 0 Å². The molecule has 2 N–H and O–H groups in total. The first-order valence-electron chi connectivity index (χ1n) is 6.68. The lowest BCUT2D eigenvalue weighted by Crippen LogP contribution is -2.10. The second kappa shape index (κ2) is 9.83. The summed E-state index contributed by atoms with van der Waals surface area (Å²) >= 11 is 0. The summed E-state index contributed by atoms with van der Waals surface area (Å²) in [5.74, 6) is 0.561. The molecule has 118 valence electrons. The highest BCUT2D eigenvalue weighted by molar-refractivity contribution is 5.56. The molecule has 0 aliphatic heterocycles. The number of nitro groups is 1. The Morgan fingerprint density at radius 3 is 2.81 bits per heavy atom. The van der Waals surface area contributed by atoms with Gasteiger partial charge in [-0.2, -0.15) is 4.98 Å². The SMILES string of the molecule is CNc1ncc([N+](=O)[O-])c(NCCCCOCCOC)n1. The molecule has 1 aromatic rings. The molecule has 1 heterocycles. The number of hydrogen-bond donors (Lipinski definition) is 2. The van der Waals surface area contributed by atoms with Crippen molar-refractivity contribution in [1.29, 1.82) is 0 Å². The molecule has 1 aromatic heterocycles. The highest BCUT2D eigenvalue weighted by atomic mass is 16.6. The first-order valence-corrected chi connectivity index (χ1v) is 6.68. The Labute approximate surface area is 123 Å². The Balaban J connectivity index is 2.35. The van der Waals surface area contributed by atoms with Crippen LogP contribution in [0.5, 0.6) is 0 Å². The van der Waals surface area contributed by atoms with Crippen LogP contribution in [0.25, 0.3) is 0 Å². The van der Waals surface area contributed by atoms with Crippen molar-refractivity contribution in [2.45, 2.75) is 12.8 Å². The summed E-state index contributed by atoms with van der Waals surface area (Å²) in [6.07, 6.45) is 2.87. The van der Waals surface area contributed by atoms with Crippen LogP contribution in [0.3, 0.4) is 0 Å². The molecule has 0 aliphatic rings. The topological polar surface area (TPSA) is 111 Å². The quantitative estimate of drug-likeness (QED) is 0.357. The van der Waals surface area contributed by atoms with Crippen LogP contribution in [0, 0.1) is 10.1 Å². The fraction of sp³-hybridized carbons (Fsp3) is 0.667. The minimum atomic E-state index is -0.504. The molecule has 0 saturated heterocycles. The predicted octanol–water partition coefficient (Wildman–Crippen LogP) is 1.28. The van der Waals surface area contributed by atoms with Crippen LogP contribution in [0.4, 0.5) is 17.5 Å². The standard InChI is InChI=1S/C12H21N5O4/c1-13-12-15-9-10(17(18)19)11(16-12)14-5-3-4-6-21-8-7-20-2/h9H,3-8H2,1-2H3,(H2,13,14,15,16). The number of methoxy groups -OCH3 is 1. The van der Waals surface area contributed by atoms with E-state index in [-0.39, 0.29) is 11.5 Å². The van der Waals surface area contributed by atoms with Gasteiger partial charge in [-0.25, -0.2) is 4.98 Å². The van der Waals surface area contributed by atoms with Crippen molar-refractivity contribution in [3.8, 4) is 0 Å². The van der Waals surface area contributed by atoms with E-state index in [1.165, 1.54) is 6.20 Å². The van der Waals surface area contributed by atoms with Gasteiger partial charge in [-0.1, -0.05) is 0 Å². The van der Waals surface area contributed by atoms with Gasteiger partial charge in [0.15, 0.2) is 0 Å². The van der Waals surface area contributed by atoms with Crippen LogP contribution in [0.15, 0.2) is 6.20 Å². The third-order valence-electron chi connectivity index (χ3n) is 2.63. The number of rotatable bonds is 11. The molecule has 1 rings (SSSR count). The van der Waals surface area contributed by atoms with Crippen LogP contribution in [-0.2, 0) is 9.47 Å². The highest BCUT2D eigenvalue weighted by Crippen LogP contribution is 2.21. The summed E-state index contributed by atoms with van der Waals surface area (Å²) in [7, 11) is 3.28. The second-order valence-corrected chi connectivity index (χ2v) is 4.17. The molecule has 0 saturated carbocycles. The van der Waals surface area contributed by atoms with Crippen molar-refractivity contribution >= 4 is 17.5 Å². The van der Waals surface area contributed by atoms with Crippen LogP contribution in [0.2, 0.25) is 0 Å². The van der Waals surface area contributed by atoms with E-state index < -0.39 is 4.92 Å². The van der Waals surface area contributed by atoms with E-state index in [4.69, 9.17) is 9.47 Å². The molecule has 0 aliphatic carbocycles. The first-order chi connectivity index (χ1) is 10.2. The summed E-state index contributed by atoms with van der Waals surface area (Å²) < 4.78 is 10.2. The van der Waals surface area contributed by atoms with Crippen molar-refractivity contribution in [3.63, 3.8) is 0 Å². The van der Waals surface area contributed by atoms with E-state index in [0.29, 0.717) is 32.3 Å². The van der Waals surface area contributed by atoms with Gasteiger partial charge in [0.25, 0.3) is 0 Å². The molecule has 9 heteroatoms. The van der Waals surface area contributed by atoms with Gasteiger partial charge in [0, 0.05) is 27.3 Å². The minimum Gasteiger partial charge on any atom is -0.382 e. The smallest absolute Gasteiger partial charge is 0.329 e. The number of nitrogens with zero attached hydrogens (tertiary/aromatic N) is 3. The number of anilines is 2.